The number of aliphatic hydroxyl groups excluding tert-OH is 2. The SMILES string of the molecule is CO[C@]1(C)C[C@@H](C)CN(C)[C@@H](CC2CCN(C[C@@H]3COC(=O)N3)CC2)CO[C@@H](O)C(C)(C)C(=O)C[C@H]1O[C@@H]1O[C@H](C)C[C@H](N(C)C)[C@H]1O. The topological polar surface area (TPSA) is 143 Å². The Hall–Kier alpha value is -1.42. The fraction of sp³-hybridized carbons (Fsp3) is 0.943. The molecule has 0 saturated carbocycles. The first-order chi connectivity index (χ1) is 22.5. The second-order valence-corrected chi connectivity index (χ2v) is 16.1. The summed E-state index contributed by atoms with van der Waals surface area (Å²) in [5, 5.41) is 25.5. The average Bonchev–Trinajstić information content (AvgIpc) is 3.44. The Balaban J connectivity index is 1.48. The van der Waals surface area contributed by atoms with Crippen LogP contribution in [-0.2, 0) is 28.5 Å². The summed E-state index contributed by atoms with van der Waals surface area (Å²) in [5.74, 6) is 0.444. The highest BCUT2D eigenvalue weighted by Gasteiger charge is 2.48. The highest BCUT2D eigenvalue weighted by atomic mass is 16.7. The molecular weight excluding hydrogens is 620 g/mol. The minimum absolute atomic E-state index is 0.0351. The minimum Gasteiger partial charge on any atom is -0.447 e. The lowest BCUT2D eigenvalue weighted by Crippen LogP contribution is -2.57. The van der Waals surface area contributed by atoms with E-state index in [9.17, 15) is 19.8 Å². The molecule has 48 heavy (non-hydrogen) atoms. The number of amides is 1. The van der Waals surface area contributed by atoms with E-state index in [4.69, 9.17) is 23.7 Å². The van der Waals surface area contributed by atoms with Crippen molar-refractivity contribution >= 4 is 11.9 Å². The zero-order valence-corrected chi connectivity index (χ0v) is 30.9. The number of piperidine rings is 1. The van der Waals surface area contributed by atoms with Crippen LogP contribution < -0.4 is 5.32 Å². The third-order valence-electron chi connectivity index (χ3n) is 11.4. The van der Waals surface area contributed by atoms with E-state index in [-0.39, 0.29) is 48.4 Å². The number of alkyl carbamates (subject to hydrolysis) is 1. The number of ketones is 1. The van der Waals surface area contributed by atoms with E-state index < -0.39 is 35.8 Å². The zero-order chi connectivity index (χ0) is 35.4. The van der Waals surface area contributed by atoms with Gasteiger partial charge in [0.2, 0.25) is 0 Å². The van der Waals surface area contributed by atoms with Crippen molar-refractivity contribution in [1.82, 2.24) is 20.0 Å². The number of nitrogens with one attached hydrogen (secondary N) is 1. The van der Waals surface area contributed by atoms with E-state index in [1.54, 1.807) is 21.0 Å². The van der Waals surface area contributed by atoms with Gasteiger partial charge in [-0.3, -0.25) is 4.79 Å². The predicted octanol–water partition coefficient (Wildman–Crippen LogP) is 2.07. The predicted molar refractivity (Wildman–Crippen MR) is 180 cm³/mol. The van der Waals surface area contributed by atoms with Crippen molar-refractivity contribution in [3.8, 4) is 0 Å². The number of hydrogen-bond acceptors (Lipinski definition) is 12. The number of nitrogens with zero attached hydrogens (tertiary/aromatic N) is 3. The van der Waals surface area contributed by atoms with E-state index in [1.807, 2.05) is 32.8 Å². The molecule has 0 bridgehead atoms. The third-order valence-corrected chi connectivity index (χ3v) is 11.4. The van der Waals surface area contributed by atoms with Gasteiger partial charge < -0.3 is 53.9 Å². The van der Waals surface area contributed by atoms with Crippen LogP contribution in [-0.4, -0.2) is 159 Å². The number of cyclic esters (lactones) is 1. The molecular formula is C35H64N4O9. The summed E-state index contributed by atoms with van der Waals surface area (Å²) in [6.45, 7) is 13.7. The maximum Gasteiger partial charge on any atom is 0.407 e. The Morgan fingerprint density at radius 1 is 1.08 bits per heavy atom. The van der Waals surface area contributed by atoms with Gasteiger partial charge in [-0.25, -0.2) is 4.79 Å². The molecule has 0 aliphatic carbocycles. The molecule has 4 aliphatic heterocycles. The van der Waals surface area contributed by atoms with Crippen molar-refractivity contribution in [2.24, 2.45) is 17.3 Å². The first-order valence-corrected chi connectivity index (χ1v) is 17.9. The summed E-state index contributed by atoms with van der Waals surface area (Å²) in [6, 6.07) is -0.0745. The number of likely N-dealkylation sites (tertiary alicyclic amines) is 1. The number of ether oxygens (including phenoxy) is 5. The Morgan fingerprint density at radius 3 is 2.38 bits per heavy atom. The number of aliphatic hydroxyl groups is 2. The van der Waals surface area contributed by atoms with Crippen molar-refractivity contribution in [2.75, 3.05) is 67.6 Å². The first-order valence-electron chi connectivity index (χ1n) is 17.9. The lowest BCUT2D eigenvalue weighted by molar-refractivity contribution is -0.290. The number of hydrogen-bond donors (Lipinski definition) is 3. The monoisotopic (exact) mass is 684 g/mol. The largest absolute Gasteiger partial charge is 0.447 e. The van der Waals surface area contributed by atoms with Crippen LogP contribution in [0.15, 0.2) is 0 Å². The van der Waals surface area contributed by atoms with Crippen molar-refractivity contribution in [3.63, 3.8) is 0 Å². The van der Waals surface area contributed by atoms with Gasteiger partial charge in [0.1, 0.15) is 18.5 Å². The molecule has 13 nitrogen and oxygen atoms in total. The standard InChI is InChI=1S/C35H64N4O9/c1-22-17-35(5,44-9)29(48-31-30(41)27(37(6)7)14-23(2)47-31)16-28(40)34(3,4)32(42)45-21-26(38(8)18-22)15-24-10-12-39(13-11-24)19-25-20-46-33(43)36-25/h22-27,29-32,41-42H,10-21H2,1-9H3,(H,36,43)/t22-,23-,25-,26+,27+,29-,30-,31+,32-,35-/m1/s1. The summed E-state index contributed by atoms with van der Waals surface area (Å²) >= 11 is 0. The Bertz CT molecular complexity index is 1060. The summed E-state index contributed by atoms with van der Waals surface area (Å²) in [4.78, 5) is 32.1. The maximum atomic E-state index is 14.0. The lowest BCUT2D eigenvalue weighted by Gasteiger charge is -2.45. The second kappa shape index (κ2) is 16.7. The normalized spacial score (nSPS) is 40.1. The lowest BCUT2D eigenvalue weighted by atomic mass is 9.79. The molecule has 4 fully saturated rings. The van der Waals surface area contributed by atoms with E-state index in [0.29, 0.717) is 32.0 Å². The van der Waals surface area contributed by atoms with Crippen molar-refractivity contribution in [2.45, 2.75) is 128 Å². The number of methoxy groups -OCH3 is 1. The van der Waals surface area contributed by atoms with Crippen LogP contribution in [0.2, 0.25) is 0 Å². The Kier molecular flexibility index (Phi) is 13.7. The first kappa shape index (κ1) is 39.4. The van der Waals surface area contributed by atoms with Crippen LogP contribution in [0.3, 0.4) is 0 Å². The van der Waals surface area contributed by atoms with Gasteiger partial charge in [-0.1, -0.05) is 6.92 Å². The highest BCUT2D eigenvalue weighted by molar-refractivity contribution is 5.85. The quantitative estimate of drug-likeness (QED) is 0.345. The summed E-state index contributed by atoms with van der Waals surface area (Å²) in [5.41, 5.74) is -2.09. The van der Waals surface area contributed by atoms with Gasteiger partial charge in [0.15, 0.2) is 12.6 Å². The van der Waals surface area contributed by atoms with Gasteiger partial charge in [0, 0.05) is 38.7 Å². The Labute approximate surface area is 287 Å². The molecule has 0 aromatic heterocycles. The van der Waals surface area contributed by atoms with E-state index in [2.05, 4.69) is 29.1 Å². The van der Waals surface area contributed by atoms with E-state index in [0.717, 1.165) is 45.4 Å². The van der Waals surface area contributed by atoms with Crippen LogP contribution in [0.1, 0.15) is 73.1 Å². The number of likely N-dealkylation sites (N-methyl/N-ethyl adjacent to an activating group) is 2. The van der Waals surface area contributed by atoms with Crippen molar-refractivity contribution in [3.05, 3.63) is 0 Å². The number of Topliss-reactive ketones (excluding diaryl/α,β-unsaturated/α-hetero) is 1. The van der Waals surface area contributed by atoms with Gasteiger partial charge in [-0.15, -0.1) is 0 Å². The fourth-order valence-electron chi connectivity index (χ4n) is 7.95. The second-order valence-electron chi connectivity index (χ2n) is 16.1. The molecule has 0 unspecified atom stereocenters. The molecule has 13 heteroatoms. The third kappa shape index (κ3) is 9.88. The summed E-state index contributed by atoms with van der Waals surface area (Å²) in [7, 11) is 7.61. The summed E-state index contributed by atoms with van der Waals surface area (Å²) in [6.07, 6.45) is -0.152. The molecule has 4 heterocycles. The smallest absolute Gasteiger partial charge is 0.407 e. The van der Waals surface area contributed by atoms with Crippen molar-refractivity contribution in [1.29, 1.82) is 0 Å². The van der Waals surface area contributed by atoms with Gasteiger partial charge in [-0.2, -0.15) is 0 Å². The fourth-order valence-corrected chi connectivity index (χ4v) is 7.95. The molecule has 0 radical (unpaired) electrons. The summed E-state index contributed by atoms with van der Waals surface area (Å²) < 4.78 is 30.1. The molecule has 10 atom stereocenters. The van der Waals surface area contributed by atoms with Crippen LogP contribution in [0, 0.1) is 17.3 Å². The molecule has 0 spiro atoms. The molecule has 0 aromatic rings. The molecule has 4 aliphatic rings. The van der Waals surface area contributed by atoms with Crippen LogP contribution >= 0.6 is 0 Å². The molecule has 3 N–H and O–H groups in total. The maximum absolute atomic E-state index is 14.0. The molecule has 4 saturated heterocycles. The zero-order valence-electron chi connectivity index (χ0n) is 30.9. The molecule has 0 aromatic carbocycles. The Morgan fingerprint density at radius 2 is 1.77 bits per heavy atom. The molecule has 1 amide bonds. The number of carbonyl (C=O) groups is 2. The van der Waals surface area contributed by atoms with E-state index in [1.165, 1.54) is 0 Å². The van der Waals surface area contributed by atoms with Crippen molar-refractivity contribution < 1.29 is 43.5 Å². The van der Waals surface area contributed by atoms with E-state index >= 15 is 0 Å². The van der Waals surface area contributed by atoms with Gasteiger partial charge >= 0.3 is 6.09 Å². The molecule has 278 valence electrons. The number of carbonyl (C=O) groups excluding carboxylic acids is 2. The van der Waals surface area contributed by atoms with Crippen LogP contribution in [0.5, 0.6) is 0 Å². The van der Waals surface area contributed by atoms with Gasteiger partial charge in [0.05, 0.1) is 35.9 Å². The van der Waals surface area contributed by atoms with Crippen LogP contribution in [0.4, 0.5) is 4.79 Å². The number of rotatable bonds is 8. The average molecular weight is 685 g/mol. The molecule has 4 rings (SSSR count). The van der Waals surface area contributed by atoms with Crippen LogP contribution in [0.25, 0.3) is 0 Å². The van der Waals surface area contributed by atoms with Gasteiger partial charge in [0.25, 0.3) is 0 Å². The van der Waals surface area contributed by atoms with Gasteiger partial charge in [-0.05, 0) is 106 Å². The highest BCUT2D eigenvalue weighted by Crippen LogP contribution is 2.37. The minimum atomic E-state index is -1.31.